The monoisotopic (exact) mass is 900 g/mol. The first kappa shape index (κ1) is 45.8. The lowest BCUT2D eigenvalue weighted by molar-refractivity contribution is 0.0392. The van der Waals surface area contributed by atoms with Gasteiger partial charge in [-0.15, -0.1) is 0 Å². The number of methoxy groups -OCH3 is 1. The van der Waals surface area contributed by atoms with Gasteiger partial charge >= 0.3 is 11.9 Å². The lowest BCUT2D eigenvalue weighted by atomic mass is 9.89. The molecule has 2 aliphatic rings. The van der Waals surface area contributed by atoms with Crippen molar-refractivity contribution in [2.24, 2.45) is 5.92 Å². The summed E-state index contributed by atoms with van der Waals surface area (Å²) in [7, 11) is 1.70. The molecule has 0 atom stereocenters. The molecule has 2 saturated heterocycles. The minimum Gasteiger partial charge on any atom is -0.497 e. The number of fused-ring (bicyclic) bond motifs is 2. The maximum absolute atomic E-state index is 13.5. The van der Waals surface area contributed by atoms with Crippen molar-refractivity contribution in [1.29, 1.82) is 0 Å². The number of benzene rings is 5. The summed E-state index contributed by atoms with van der Waals surface area (Å²) in [5, 5.41) is 2.72. The van der Waals surface area contributed by atoms with Gasteiger partial charge in [-0.3, -0.25) is 9.80 Å². The van der Waals surface area contributed by atoms with E-state index in [-0.39, 0.29) is 11.1 Å². The fourth-order valence-electron chi connectivity index (χ4n) is 10.2. The van der Waals surface area contributed by atoms with Crippen LogP contribution in [-0.4, -0.2) is 90.5 Å². The number of aryl methyl sites for hydroxylation is 2. The maximum atomic E-state index is 13.5. The highest BCUT2D eigenvalue weighted by Gasteiger charge is 2.27. The highest BCUT2D eigenvalue weighted by molar-refractivity contribution is 6.05. The summed E-state index contributed by atoms with van der Waals surface area (Å²) < 4.78 is 28.0. The van der Waals surface area contributed by atoms with Crippen molar-refractivity contribution in [3.8, 4) is 17.2 Å². The van der Waals surface area contributed by atoms with Crippen LogP contribution in [0.1, 0.15) is 88.8 Å². The van der Waals surface area contributed by atoms with Crippen LogP contribution in [0, 0.1) is 5.92 Å². The molecule has 0 amide bonds. The lowest BCUT2D eigenvalue weighted by Crippen LogP contribution is -2.36. The minimum absolute atomic E-state index is 0.212. The first-order chi connectivity index (χ1) is 32.8. The zero-order valence-corrected chi connectivity index (χ0v) is 39.3. The molecule has 348 valence electrons. The van der Waals surface area contributed by atoms with Gasteiger partial charge in [-0.25, -0.2) is 9.59 Å². The van der Waals surface area contributed by atoms with Crippen LogP contribution in [0.25, 0.3) is 21.8 Å². The van der Waals surface area contributed by atoms with Gasteiger partial charge < -0.3 is 28.1 Å². The lowest BCUT2D eigenvalue weighted by Gasteiger charge is -2.32. The van der Waals surface area contributed by atoms with Crippen LogP contribution >= 0.6 is 0 Å². The molecule has 67 heavy (non-hydrogen) atoms. The van der Waals surface area contributed by atoms with Gasteiger partial charge in [0, 0.05) is 60.4 Å². The Labute approximate surface area is 395 Å². The number of para-hydroxylation sites is 4. The zero-order chi connectivity index (χ0) is 46.1. The van der Waals surface area contributed by atoms with Crippen molar-refractivity contribution in [3.63, 3.8) is 0 Å². The largest absolute Gasteiger partial charge is 0.497 e. The van der Waals surface area contributed by atoms with Crippen LogP contribution in [-0.2, 0) is 24.2 Å². The molecular weight excluding hydrogens is 837 g/mol. The Bertz CT molecular complexity index is 2760. The highest BCUT2D eigenvalue weighted by atomic mass is 16.6. The quantitative estimate of drug-likeness (QED) is 0.0622. The van der Waals surface area contributed by atoms with Crippen molar-refractivity contribution in [1.82, 2.24) is 18.9 Å². The van der Waals surface area contributed by atoms with Crippen molar-refractivity contribution in [2.75, 3.05) is 59.6 Å². The minimum atomic E-state index is -0.755. The van der Waals surface area contributed by atoms with E-state index in [0.717, 1.165) is 90.2 Å². The predicted octanol–water partition coefficient (Wildman–Crippen LogP) is 11.0. The van der Waals surface area contributed by atoms with E-state index in [1.165, 1.54) is 38.5 Å². The number of ether oxygens (including phenoxy) is 4. The molecule has 0 N–H and O–H groups in total. The fourth-order valence-corrected chi connectivity index (χ4v) is 10.2. The molecule has 0 radical (unpaired) electrons. The Hall–Kier alpha value is -6.36. The molecule has 2 aromatic heterocycles. The average Bonchev–Trinajstić information content (AvgIpc) is 3.92. The number of nitrogens with zero attached hydrogens (tertiary/aromatic N) is 4. The summed E-state index contributed by atoms with van der Waals surface area (Å²) in [6, 6.07) is 39.8. The highest BCUT2D eigenvalue weighted by Crippen LogP contribution is 2.36. The van der Waals surface area contributed by atoms with Gasteiger partial charge in [0.1, 0.15) is 41.6 Å². The predicted molar refractivity (Wildman–Crippen MR) is 266 cm³/mol. The van der Waals surface area contributed by atoms with Gasteiger partial charge in [-0.05, 0) is 141 Å². The Balaban J connectivity index is 0.731. The number of carbonyl (C=O) groups is 2. The molecule has 5 aromatic carbocycles. The van der Waals surface area contributed by atoms with Crippen LogP contribution in [0.15, 0.2) is 134 Å². The Kier molecular flexibility index (Phi) is 14.7. The molecule has 2 fully saturated rings. The van der Waals surface area contributed by atoms with Gasteiger partial charge in [0.25, 0.3) is 0 Å². The summed E-state index contributed by atoms with van der Waals surface area (Å²) >= 11 is 0. The first-order valence-corrected chi connectivity index (χ1v) is 24.2. The van der Waals surface area contributed by atoms with Gasteiger partial charge in [-0.2, -0.15) is 0 Å². The van der Waals surface area contributed by atoms with Gasteiger partial charge in [-0.1, -0.05) is 86.6 Å². The zero-order valence-electron chi connectivity index (χ0n) is 39.3. The van der Waals surface area contributed by atoms with Gasteiger partial charge in [0.2, 0.25) is 0 Å². The van der Waals surface area contributed by atoms with Crippen LogP contribution in [0.5, 0.6) is 17.2 Å². The topological polar surface area (TPSA) is 87.4 Å². The number of likely N-dealkylation sites (tertiary alicyclic amines) is 2. The number of rotatable bonds is 18. The van der Waals surface area contributed by atoms with E-state index in [0.29, 0.717) is 42.5 Å². The molecule has 0 spiro atoms. The Morgan fingerprint density at radius 3 is 1.54 bits per heavy atom. The van der Waals surface area contributed by atoms with E-state index in [1.54, 1.807) is 43.5 Å². The number of carbonyl (C=O) groups excluding carboxylic acids is 2. The molecule has 10 heteroatoms. The summed E-state index contributed by atoms with van der Waals surface area (Å²) in [6.07, 6.45) is 10.0. The third-order valence-corrected chi connectivity index (χ3v) is 13.8. The van der Waals surface area contributed by atoms with Crippen molar-refractivity contribution in [2.45, 2.75) is 70.9 Å². The van der Waals surface area contributed by atoms with E-state index in [9.17, 15) is 9.59 Å². The molecular formula is C57H64N4O6. The van der Waals surface area contributed by atoms with E-state index < -0.39 is 11.9 Å². The molecule has 0 aliphatic carbocycles. The van der Waals surface area contributed by atoms with Crippen LogP contribution in [0.2, 0.25) is 0 Å². The summed E-state index contributed by atoms with van der Waals surface area (Å²) in [5.74, 6) is 1.76. The molecule has 9 rings (SSSR count). The first-order valence-electron chi connectivity index (χ1n) is 24.2. The van der Waals surface area contributed by atoms with E-state index >= 15 is 0 Å². The van der Waals surface area contributed by atoms with Crippen molar-refractivity contribution < 1.29 is 28.5 Å². The third kappa shape index (κ3) is 10.9. The van der Waals surface area contributed by atoms with Crippen LogP contribution in [0.4, 0.5) is 0 Å². The standard InChI is InChI=1S/C57H64N4O6/c1-41(2)38-61-40-51(47-13-5-9-17-53(47)61)44-27-31-59(32-28-44)35-37-66-55-19-11-7-15-49(55)57(63)67-56(62)48-14-6-10-18-54(48)65-36-34-58-29-25-43(26-30-58)50-39-60(52-16-8-4-12-46(50)52)33-24-42-20-22-45(64-3)23-21-42/h4-23,39-41,43-44H,24-38H2,1-3H3. The molecule has 2 aliphatic heterocycles. The van der Waals surface area contributed by atoms with E-state index in [4.69, 9.17) is 18.9 Å². The second-order valence-electron chi connectivity index (χ2n) is 18.6. The molecule has 7 aromatic rings. The summed E-state index contributed by atoms with van der Waals surface area (Å²) in [5.41, 5.74) is 7.23. The number of hydrogen-bond acceptors (Lipinski definition) is 8. The number of aromatic nitrogens is 2. The average molecular weight is 901 g/mol. The van der Waals surface area contributed by atoms with E-state index in [1.807, 2.05) is 24.3 Å². The second-order valence-corrected chi connectivity index (χ2v) is 18.6. The second kappa shape index (κ2) is 21.5. The van der Waals surface area contributed by atoms with E-state index in [2.05, 4.69) is 106 Å². The maximum Gasteiger partial charge on any atom is 0.349 e. The fraction of sp³-hybridized carbons (Fsp3) is 0.368. The molecule has 0 saturated carbocycles. The number of piperidine rings is 2. The molecule has 0 bridgehead atoms. The summed E-state index contributed by atoms with van der Waals surface area (Å²) in [6.45, 7) is 12.7. The van der Waals surface area contributed by atoms with Crippen molar-refractivity contribution >= 4 is 33.7 Å². The van der Waals surface area contributed by atoms with Gasteiger partial charge in [0.05, 0.1) is 7.11 Å². The Morgan fingerprint density at radius 1 is 0.567 bits per heavy atom. The normalized spacial score (nSPS) is 15.3. The van der Waals surface area contributed by atoms with Gasteiger partial charge in [0.15, 0.2) is 0 Å². The molecule has 0 unspecified atom stereocenters. The van der Waals surface area contributed by atoms with Crippen LogP contribution < -0.4 is 14.2 Å². The smallest absolute Gasteiger partial charge is 0.349 e. The summed E-state index contributed by atoms with van der Waals surface area (Å²) in [4.78, 5) is 31.9. The third-order valence-electron chi connectivity index (χ3n) is 13.8. The number of hydrogen-bond donors (Lipinski definition) is 0. The Morgan fingerprint density at radius 2 is 1.03 bits per heavy atom. The SMILES string of the molecule is COc1ccc(CCn2cc(C3CCN(CCOc4ccccc4C(=O)OC(=O)c4ccccc4OCCN4CCC(c5cn(CC(C)C)c6ccccc56)CC4)CC3)c3ccccc32)cc1. The number of esters is 2. The molecule has 10 nitrogen and oxygen atoms in total. The van der Waals surface area contributed by atoms with Crippen LogP contribution in [0.3, 0.4) is 0 Å². The van der Waals surface area contributed by atoms with Crippen molar-refractivity contribution in [3.05, 3.63) is 162 Å². The molecule has 4 heterocycles.